The number of anilines is 1. The predicted octanol–water partition coefficient (Wildman–Crippen LogP) is -1.41. The van der Waals surface area contributed by atoms with E-state index in [9.17, 15) is 49.2 Å². The number of nitrogens with two attached hydrogens (primary N) is 1. The molecule has 3 aromatic rings. The molecule has 2 aliphatic heterocycles. The van der Waals surface area contributed by atoms with Gasteiger partial charge in [-0.15, -0.1) is 0 Å². The zero-order valence-corrected chi connectivity index (χ0v) is 24.9. The number of ether oxygens (including phenoxy) is 2. The largest absolute Gasteiger partial charge is 0.481 e. The van der Waals surface area contributed by atoms with Crippen LogP contribution in [0.15, 0.2) is 30.6 Å². The summed E-state index contributed by atoms with van der Waals surface area (Å²) in [6.45, 7) is -0.525. The number of nitrogens with zero attached hydrogens (tertiary/aromatic N) is 4. The van der Waals surface area contributed by atoms with Crippen molar-refractivity contribution in [2.75, 3.05) is 18.9 Å². The Bertz CT molecular complexity index is 1670. The van der Waals surface area contributed by atoms with Gasteiger partial charge in [-0.2, -0.15) is 4.31 Å². The Kier molecular flexibility index (Phi) is 9.54. The number of phosphoric acid groups is 2. The van der Waals surface area contributed by atoms with Crippen LogP contribution in [0.1, 0.15) is 23.5 Å². The van der Waals surface area contributed by atoms with E-state index in [1.54, 1.807) is 18.2 Å². The van der Waals surface area contributed by atoms with E-state index in [-0.39, 0.29) is 28.6 Å². The van der Waals surface area contributed by atoms with E-state index in [1.165, 1.54) is 17.6 Å². The van der Waals surface area contributed by atoms with Crippen molar-refractivity contribution in [1.29, 1.82) is 0 Å². The average molecular weight is 677 g/mol. The molecule has 1 aromatic carbocycles. The fourth-order valence-corrected chi connectivity index (χ4v) is 6.80. The summed E-state index contributed by atoms with van der Waals surface area (Å²) in [5, 5.41) is 50.3. The monoisotopic (exact) mass is 677 g/mol. The highest BCUT2D eigenvalue weighted by Gasteiger charge is 2.48. The minimum absolute atomic E-state index is 0.0222. The van der Waals surface area contributed by atoms with E-state index in [0.29, 0.717) is 11.1 Å². The number of benzene rings is 1. The second-order valence-electron chi connectivity index (χ2n) is 10.1. The van der Waals surface area contributed by atoms with Gasteiger partial charge in [-0.05, 0) is 13.0 Å². The summed E-state index contributed by atoms with van der Waals surface area (Å²) in [5.41, 5.74) is 6.90. The first-order valence-corrected chi connectivity index (χ1v) is 16.0. The molecule has 10 atom stereocenters. The highest BCUT2D eigenvalue weighted by atomic mass is 31.3. The number of fused-ring (bicyclic) bond motifs is 1. The molecule has 246 valence electrons. The van der Waals surface area contributed by atoms with Crippen LogP contribution in [0.2, 0.25) is 0 Å². The molecule has 45 heavy (non-hydrogen) atoms. The second-order valence-corrected chi connectivity index (χ2v) is 13.1. The molecule has 0 radical (unpaired) electrons. The van der Waals surface area contributed by atoms with E-state index in [2.05, 4.69) is 23.8 Å². The van der Waals surface area contributed by atoms with Crippen LogP contribution in [0, 0.1) is 0 Å². The molecule has 2 fully saturated rings. The van der Waals surface area contributed by atoms with Gasteiger partial charge < -0.3 is 50.5 Å². The van der Waals surface area contributed by atoms with Crippen molar-refractivity contribution in [2.24, 2.45) is 0 Å². The summed E-state index contributed by atoms with van der Waals surface area (Å²) in [6, 6.07) is 6.32. The number of phosphoric ester groups is 2. The first-order valence-electron chi connectivity index (χ1n) is 13.1. The van der Waals surface area contributed by atoms with Gasteiger partial charge in [-0.25, -0.2) is 24.1 Å². The fraction of sp³-hybridized carbons (Fsp3) is 0.478. The number of carbonyl (C=O) groups excluding carboxylic acids is 1. The Morgan fingerprint density at radius 3 is 2.18 bits per heavy atom. The number of aliphatic hydroxyl groups is 5. The summed E-state index contributed by atoms with van der Waals surface area (Å²) in [7, 11) is -10.8. The normalized spacial score (nSPS) is 31.2. The third-order valence-electron chi connectivity index (χ3n) is 6.97. The van der Waals surface area contributed by atoms with Gasteiger partial charge in [0, 0.05) is 11.1 Å². The number of ketones is 1. The van der Waals surface area contributed by atoms with E-state index < -0.39 is 78.0 Å². The van der Waals surface area contributed by atoms with Gasteiger partial charge in [0.2, 0.25) is 0 Å². The van der Waals surface area contributed by atoms with Gasteiger partial charge in [-0.1, -0.05) is 18.2 Å². The molecule has 0 spiro atoms. The number of carbonyl (C=O) groups is 1. The predicted molar refractivity (Wildman–Crippen MR) is 147 cm³/mol. The standard InChI is InChI=1S/C23H29N5O15P2/c1-9(29)10-3-2-4-11(5-10)20-27-14-19(24)25-8-26-21(14)28(20)22-17(32)15(30)12(41-22)6-39-44(35,36)43-45(37,38)40-7-13-16(31)18(33)23(34)42-13/h2-5,8,12-13,15-18,22-23,30-34H,6-7H2,1H3,(H,35,36)(H,37,38)(H2,24,25,26)/t12-,13-,15-,16-,17-,18-,22-,23?/m1/s1. The summed E-state index contributed by atoms with van der Waals surface area (Å²) >= 11 is 0. The maximum Gasteiger partial charge on any atom is 0.481 e. The van der Waals surface area contributed by atoms with Gasteiger partial charge in [0.05, 0.1) is 13.2 Å². The van der Waals surface area contributed by atoms with Crippen molar-refractivity contribution < 1.29 is 72.1 Å². The Morgan fingerprint density at radius 1 is 0.956 bits per heavy atom. The zero-order valence-electron chi connectivity index (χ0n) is 23.1. The molecular weight excluding hydrogens is 648 g/mol. The number of hydrogen-bond acceptors (Lipinski definition) is 17. The Balaban J connectivity index is 1.31. The van der Waals surface area contributed by atoms with E-state index in [4.69, 9.17) is 19.7 Å². The van der Waals surface area contributed by atoms with Crippen LogP contribution in [0.4, 0.5) is 5.82 Å². The molecule has 20 nitrogen and oxygen atoms in total. The number of Topliss-reactive ketones (excluding diaryl/α,β-unsaturated/α-hetero) is 1. The summed E-state index contributed by atoms with van der Waals surface area (Å²) in [4.78, 5) is 44.4. The zero-order chi connectivity index (χ0) is 32.8. The van der Waals surface area contributed by atoms with Crippen LogP contribution in [0.5, 0.6) is 0 Å². The van der Waals surface area contributed by atoms with Gasteiger partial charge >= 0.3 is 15.6 Å². The van der Waals surface area contributed by atoms with Crippen LogP contribution in [-0.2, 0) is 32.0 Å². The molecular formula is C23H29N5O15P2. The van der Waals surface area contributed by atoms with Crippen LogP contribution < -0.4 is 5.73 Å². The molecule has 4 heterocycles. The molecule has 9 N–H and O–H groups in total. The Labute approximate surface area is 252 Å². The summed E-state index contributed by atoms with van der Waals surface area (Å²) in [6.07, 6.45) is -12.0. The number of aromatic nitrogens is 4. The first-order chi connectivity index (χ1) is 21.1. The maximum atomic E-state index is 12.5. The van der Waals surface area contributed by atoms with Crippen molar-refractivity contribution in [2.45, 2.75) is 56.1 Å². The fourth-order valence-electron chi connectivity index (χ4n) is 4.71. The molecule has 22 heteroatoms. The van der Waals surface area contributed by atoms with Crippen LogP contribution in [0.25, 0.3) is 22.6 Å². The van der Waals surface area contributed by atoms with Crippen LogP contribution in [-0.4, -0.2) is 117 Å². The molecule has 3 unspecified atom stereocenters. The SMILES string of the molecule is CC(=O)c1cccc(-c2nc3c(N)ncnc3n2[C@@H]2O[C@H](COP(=O)(O)OP(=O)(O)OC[C@H]3OC(O)[C@H](O)[C@@H]3O)[C@@H](O)[C@H]2O)c1. The number of rotatable bonds is 11. The molecule has 0 aliphatic carbocycles. The van der Waals surface area contributed by atoms with Crippen LogP contribution >= 0.6 is 15.6 Å². The lowest BCUT2D eigenvalue weighted by Gasteiger charge is -2.21. The van der Waals surface area contributed by atoms with Crippen molar-refractivity contribution >= 4 is 38.4 Å². The molecule has 2 saturated heterocycles. The van der Waals surface area contributed by atoms with E-state index in [1.807, 2.05) is 0 Å². The van der Waals surface area contributed by atoms with Gasteiger partial charge in [0.1, 0.15) is 48.8 Å². The average Bonchev–Trinajstić information content (AvgIpc) is 3.58. The Morgan fingerprint density at radius 2 is 1.58 bits per heavy atom. The molecule has 5 rings (SSSR count). The summed E-state index contributed by atoms with van der Waals surface area (Å²) in [5.74, 6) is -0.144. The highest BCUT2D eigenvalue weighted by Crippen LogP contribution is 2.60. The molecule has 0 saturated carbocycles. The summed E-state index contributed by atoms with van der Waals surface area (Å²) < 4.78 is 50.0. The van der Waals surface area contributed by atoms with Gasteiger partial charge in [-0.3, -0.25) is 18.4 Å². The quantitative estimate of drug-likeness (QED) is 0.0853. The lowest BCUT2D eigenvalue weighted by atomic mass is 10.1. The van der Waals surface area contributed by atoms with Crippen molar-refractivity contribution in [1.82, 2.24) is 19.5 Å². The topological polar surface area (TPSA) is 309 Å². The first kappa shape index (κ1) is 33.6. The van der Waals surface area contributed by atoms with E-state index >= 15 is 0 Å². The third kappa shape index (κ3) is 6.99. The van der Waals surface area contributed by atoms with Gasteiger partial charge in [0.25, 0.3) is 0 Å². The Hall–Kier alpha value is -2.78. The highest BCUT2D eigenvalue weighted by molar-refractivity contribution is 7.61. The smallest absolute Gasteiger partial charge is 0.387 e. The third-order valence-corrected chi connectivity index (χ3v) is 9.57. The molecule has 0 bridgehead atoms. The molecule has 0 amide bonds. The molecule has 2 aromatic heterocycles. The second kappa shape index (κ2) is 12.8. The van der Waals surface area contributed by atoms with Crippen molar-refractivity contribution in [3.63, 3.8) is 0 Å². The molecule has 2 aliphatic rings. The number of aliphatic hydroxyl groups excluding tert-OH is 5. The minimum atomic E-state index is -5.41. The number of nitrogen functional groups attached to an aromatic ring is 1. The van der Waals surface area contributed by atoms with Gasteiger partial charge in [0.15, 0.2) is 35.3 Å². The number of hydrogen-bond donors (Lipinski definition) is 8. The van der Waals surface area contributed by atoms with Crippen LogP contribution in [0.3, 0.4) is 0 Å². The van der Waals surface area contributed by atoms with Crippen molar-refractivity contribution in [3.8, 4) is 11.4 Å². The minimum Gasteiger partial charge on any atom is -0.387 e. The number of imidazole rings is 1. The lowest BCUT2D eigenvalue weighted by molar-refractivity contribution is -0.132. The van der Waals surface area contributed by atoms with E-state index in [0.717, 1.165) is 6.33 Å². The maximum absolute atomic E-state index is 12.5. The van der Waals surface area contributed by atoms with Crippen molar-refractivity contribution in [3.05, 3.63) is 36.2 Å². The lowest BCUT2D eigenvalue weighted by Crippen LogP contribution is -2.34.